The number of aliphatic hydroxyl groups excluding tert-OH is 1. The normalized spacial score (nSPS) is 14.1. The Bertz CT molecular complexity index is 649. The van der Waals surface area contributed by atoms with Crippen LogP contribution in [0.15, 0.2) is 30.3 Å². The Morgan fingerprint density at radius 3 is 2.76 bits per heavy atom. The summed E-state index contributed by atoms with van der Waals surface area (Å²) in [5.74, 6) is 0.0922. The van der Waals surface area contributed by atoms with Crippen molar-refractivity contribution in [3.05, 3.63) is 41.6 Å². The highest BCUT2D eigenvalue weighted by Gasteiger charge is 2.26. The number of carbonyl (C=O) groups excluding carboxylic acids is 1. The van der Waals surface area contributed by atoms with Gasteiger partial charge in [0.15, 0.2) is 0 Å². The summed E-state index contributed by atoms with van der Waals surface area (Å²) in [6, 6.07) is 10.00. The highest BCUT2D eigenvalue weighted by molar-refractivity contribution is 5.74. The third-order valence-corrected chi connectivity index (χ3v) is 3.94. The Kier molecular flexibility index (Phi) is 3.75. The van der Waals surface area contributed by atoms with Gasteiger partial charge in [0.1, 0.15) is 0 Å². The summed E-state index contributed by atoms with van der Waals surface area (Å²) in [6.07, 6.45) is 0.786. The Balaban J connectivity index is 2.06. The zero-order chi connectivity index (χ0) is 14.8. The molecule has 0 bridgehead atoms. The first-order chi connectivity index (χ1) is 10.2. The predicted molar refractivity (Wildman–Crippen MR) is 79.5 cm³/mol. The zero-order valence-corrected chi connectivity index (χ0v) is 12.1. The average Bonchev–Trinajstić information content (AvgIpc) is 2.87. The van der Waals surface area contributed by atoms with Gasteiger partial charge in [-0.25, -0.2) is 0 Å². The lowest BCUT2D eigenvalue weighted by molar-refractivity contribution is -0.129. The van der Waals surface area contributed by atoms with E-state index in [0.717, 1.165) is 28.9 Å². The number of amides is 1. The van der Waals surface area contributed by atoms with E-state index in [1.54, 1.807) is 6.92 Å². The highest BCUT2D eigenvalue weighted by atomic mass is 16.3. The van der Waals surface area contributed by atoms with Gasteiger partial charge in [0, 0.05) is 43.3 Å². The molecule has 0 atom stereocenters. The number of rotatable bonds is 3. The van der Waals surface area contributed by atoms with Crippen molar-refractivity contribution < 1.29 is 9.90 Å². The average molecular weight is 285 g/mol. The quantitative estimate of drug-likeness (QED) is 0.928. The van der Waals surface area contributed by atoms with Crippen LogP contribution in [0.25, 0.3) is 11.3 Å². The van der Waals surface area contributed by atoms with Gasteiger partial charge in [-0.1, -0.05) is 30.3 Å². The van der Waals surface area contributed by atoms with E-state index in [0.29, 0.717) is 19.6 Å². The Labute approximate surface area is 123 Å². The molecule has 3 rings (SSSR count). The number of nitrogens with zero attached hydrogens (tertiary/aromatic N) is 3. The molecule has 0 unspecified atom stereocenters. The van der Waals surface area contributed by atoms with Crippen LogP contribution >= 0.6 is 0 Å². The molecule has 1 aromatic carbocycles. The molecule has 21 heavy (non-hydrogen) atoms. The summed E-state index contributed by atoms with van der Waals surface area (Å²) in [7, 11) is 0. The van der Waals surface area contributed by atoms with Gasteiger partial charge in [0.25, 0.3) is 0 Å². The van der Waals surface area contributed by atoms with Crippen molar-refractivity contribution in [1.82, 2.24) is 14.7 Å². The number of aliphatic hydroxyl groups is 1. The third kappa shape index (κ3) is 2.56. The summed E-state index contributed by atoms with van der Waals surface area (Å²) in [4.78, 5) is 13.5. The number of hydrogen-bond acceptors (Lipinski definition) is 3. The van der Waals surface area contributed by atoms with E-state index in [1.165, 1.54) is 0 Å². The van der Waals surface area contributed by atoms with Crippen LogP contribution in [0.3, 0.4) is 0 Å². The minimum atomic E-state index is 0.0682. The van der Waals surface area contributed by atoms with Crippen molar-refractivity contribution in [3.63, 3.8) is 0 Å². The van der Waals surface area contributed by atoms with E-state index in [2.05, 4.69) is 5.10 Å². The first kappa shape index (κ1) is 13.8. The lowest BCUT2D eigenvalue weighted by Gasteiger charge is -2.26. The number of aromatic nitrogens is 2. The molecule has 5 nitrogen and oxygen atoms in total. The van der Waals surface area contributed by atoms with Gasteiger partial charge in [-0.2, -0.15) is 5.10 Å². The van der Waals surface area contributed by atoms with Gasteiger partial charge in [-0.05, 0) is 0 Å². The van der Waals surface area contributed by atoms with Crippen molar-refractivity contribution in [2.45, 2.75) is 26.4 Å². The summed E-state index contributed by atoms with van der Waals surface area (Å²) in [5, 5.41) is 13.9. The molecular weight excluding hydrogens is 266 g/mol. The minimum absolute atomic E-state index is 0.0682. The monoisotopic (exact) mass is 285 g/mol. The van der Waals surface area contributed by atoms with Gasteiger partial charge >= 0.3 is 0 Å². The van der Waals surface area contributed by atoms with Crippen LogP contribution in [0.4, 0.5) is 0 Å². The molecule has 1 amide bonds. The van der Waals surface area contributed by atoms with Crippen LogP contribution in [0.5, 0.6) is 0 Å². The molecule has 0 spiro atoms. The second-order valence-corrected chi connectivity index (χ2v) is 5.28. The molecule has 0 aliphatic carbocycles. The van der Waals surface area contributed by atoms with E-state index in [4.69, 9.17) is 0 Å². The number of hydrogen-bond donors (Lipinski definition) is 1. The zero-order valence-electron chi connectivity index (χ0n) is 12.1. The first-order valence-electron chi connectivity index (χ1n) is 7.21. The van der Waals surface area contributed by atoms with Gasteiger partial charge in [0.2, 0.25) is 5.91 Å². The fraction of sp³-hybridized carbons (Fsp3) is 0.375. The van der Waals surface area contributed by atoms with Gasteiger partial charge in [-0.15, -0.1) is 0 Å². The molecule has 110 valence electrons. The van der Waals surface area contributed by atoms with Gasteiger partial charge in [0.05, 0.1) is 18.8 Å². The molecule has 1 N–H and O–H groups in total. The standard InChI is InChI=1S/C16H19N3O2/c1-12(21)18-8-7-15-14(11-18)16(17-19(15)9-10-20)13-5-3-2-4-6-13/h2-6,20H,7-11H2,1H3. The molecule has 1 aliphatic rings. The SMILES string of the molecule is CC(=O)N1CCc2c(c(-c3ccccc3)nn2CCO)C1. The molecular formula is C16H19N3O2. The number of carbonyl (C=O) groups is 1. The maximum absolute atomic E-state index is 11.6. The van der Waals surface area contributed by atoms with Crippen LogP contribution in [0.2, 0.25) is 0 Å². The Morgan fingerprint density at radius 2 is 2.10 bits per heavy atom. The summed E-state index contributed by atoms with van der Waals surface area (Å²) >= 11 is 0. The van der Waals surface area contributed by atoms with Crippen molar-refractivity contribution in [2.24, 2.45) is 0 Å². The van der Waals surface area contributed by atoms with Crippen LogP contribution in [0, 0.1) is 0 Å². The second-order valence-electron chi connectivity index (χ2n) is 5.28. The molecule has 0 fully saturated rings. The number of benzene rings is 1. The highest BCUT2D eigenvalue weighted by Crippen LogP contribution is 2.30. The molecule has 5 heteroatoms. The van der Waals surface area contributed by atoms with Crippen LogP contribution in [-0.4, -0.2) is 38.8 Å². The fourth-order valence-corrected chi connectivity index (χ4v) is 2.87. The molecule has 2 heterocycles. The van der Waals surface area contributed by atoms with E-state index in [1.807, 2.05) is 39.9 Å². The molecule has 1 aromatic heterocycles. The van der Waals surface area contributed by atoms with Crippen molar-refractivity contribution in [1.29, 1.82) is 0 Å². The second kappa shape index (κ2) is 5.69. The van der Waals surface area contributed by atoms with Crippen molar-refractivity contribution in [2.75, 3.05) is 13.2 Å². The molecule has 2 aromatic rings. The first-order valence-corrected chi connectivity index (χ1v) is 7.21. The van der Waals surface area contributed by atoms with Crippen LogP contribution < -0.4 is 0 Å². The predicted octanol–water partition coefficient (Wildman–Crippen LogP) is 1.45. The maximum Gasteiger partial charge on any atom is 0.219 e. The van der Waals surface area contributed by atoms with E-state index in [-0.39, 0.29) is 12.5 Å². The minimum Gasteiger partial charge on any atom is -0.394 e. The maximum atomic E-state index is 11.6. The Morgan fingerprint density at radius 1 is 1.33 bits per heavy atom. The molecule has 0 saturated heterocycles. The van der Waals surface area contributed by atoms with E-state index < -0.39 is 0 Å². The van der Waals surface area contributed by atoms with Crippen LogP contribution in [-0.2, 0) is 24.3 Å². The van der Waals surface area contributed by atoms with Gasteiger partial charge < -0.3 is 10.0 Å². The van der Waals surface area contributed by atoms with Crippen molar-refractivity contribution >= 4 is 5.91 Å². The molecule has 0 saturated carbocycles. The topological polar surface area (TPSA) is 58.4 Å². The van der Waals surface area contributed by atoms with Crippen LogP contribution in [0.1, 0.15) is 18.2 Å². The third-order valence-electron chi connectivity index (χ3n) is 3.94. The number of fused-ring (bicyclic) bond motifs is 1. The summed E-state index contributed by atoms with van der Waals surface area (Å²) in [6.45, 7) is 3.48. The van der Waals surface area contributed by atoms with E-state index in [9.17, 15) is 9.90 Å². The fourth-order valence-electron chi connectivity index (χ4n) is 2.87. The molecule has 1 aliphatic heterocycles. The smallest absolute Gasteiger partial charge is 0.219 e. The van der Waals surface area contributed by atoms with Gasteiger partial charge in [-0.3, -0.25) is 9.48 Å². The van der Waals surface area contributed by atoms with E-state index >= 15 is 0 Å². The molecule has 0 radical (unpaired) electrons. The van der Waals surface area contributed by atoms with Crippen molar-refractivity contribution in [3.8, 4) is 11.3 Å². The largest absolute Gasteiger partial charge is 0.394 e. The lowest BCUT2D eigenvalue weighted by Crippen LogP contribution is -2.34. The Hall–Kier alpha value is -2.14. The summed E-state index contributed by atoms with van der Waals surface area (Å²) < 4.78 is 1.88. The lowest BCUT2D eigenvalue weighted by atomic mass is 10.0. The summed E-state index contributed by atoms with van der Waals surface area (Å²) in [5.41, 5.74) is 4.22.